The molecule has 0 radical (unpaired) electrons. The molecule has 0 atom stereocenters. The summed E-state index contributed by atoms with van der Waals surface area (Å²) >= 11 is 12.2. The summed E-state index contributed by atoms with van der Waals surface area (Å²) in [4.78, 5) is 23.7. The predicted molar refractivity (Wildman–Crippen MR) is 93.0 cm³/mol. The number of hydrogen-bond acceptors (Lipinski definition) is 5. The lowest BCUT2D eigenvalue weighted by Gasteiger charge is -2.11. The number of carbonyl (C=O) groups excluding carboxylic acids is 2. The maximum Gasteiger partial charge on any atom is 0.350 e. The van der Waals surface area contributed by atoms with Gasteiger partial charge in [-0.3, -0.25) is 4.79 Å². The summed E-state index contributed by atoms with van der Waals surface area (Å²) in [5.74, 6) is -1.15. The van der Waals surface area contributed by atoms with Crippen molar-refractivity contribution in [1.29, 1.82) is 5.26 Å². The fourth-order valence-corrected chi connectivity index (χ4v) is 2.28. The molecular formula is C16H17Cl2N3O3. The molecule has 0 fully saturated rings. The van der Waals surface area contributed by atoms with Gasteiger partial charge in [0.15, 0.2) is 5.57 Å². The van der Waals surface area contributed by atoms with Crippen molar-refractivity contribution in [1.82, 2.24) is 5.32 Å². The molecule has 0 aliphatic carbocycles. The van der Waals surface area contributed by atoms with E-state index in [4.69, 9.17) is 33.2 Å². The Bertz CT molecular complexity index is 697. The normalized spacial score (nSPS) is 10.7. The molecule has 0 saturated carbocycles. The molecule has 0 aromatic heterocycles. The van der Waals surface area contributed by atoms with Crippen LogP contribution in [0.2, 0.25) is 10.0 Å². The van der Waals surface area contributed by atoms with Crippen molar-refractivity contribution < 1.29 is 14.3 Å². The van der Waals surface area contributed by atoms with Crippen molar-refractivity contribution in [3.05, 3.63) is 39.5 Å². The molecule has 1 aromatic carbocycles. The maximum absolute atomic E-state index is 12.0. The molecule has 0 aliphatic rings. The van der Waals surface area contributed by atoms with E-state index in [-0.39, 0.29) is 27.8 Å². The van der Waals surface area contributed by atoms with E-state index in [1.807, 2.05) is 6.92 Å². The fourth-order valence-electron chi connectivity index (χ4n) is 1.68. The Morgan fingerprint density at radius 1 is 1.33 bits per heavy atom. The number of amides is 1. The average Bonchev–Trinajstić information content (AvgIpc) is 2.55. The Balaban J connectivity index is 3.05. The van der Waals surface area contributed by atoms with Crippen LogP contribution in [0.4, 0.5) is 5.69 Å². The molecule has 2 N–H and O–H groups in total. The van der Waals surface area contributed by atoms with E-state index in [2.05, 4.69) is 10.6 Å². The van der Waals surface area contributed by atoms with Gasteiger partial charge in [-0.05, 0) is 25.5 Å². The molecule has 1 aromatic rings. The molecule has 0 spiro atoms. The Morgan fingerprint density at radius 2 is 2.04 bits per heavy atom. The molecule has 0 bridgehead atoms. The highest BCUT2D eigenvalue weighted by Gasteiger charge is 2.17. The predicted octanol–water partition coefficient (Wildman–Crippen LogP) is 3.52. The zero-order valence-corrected chi connectivity index (χ0v) is 14.8. The smallest absolute Gasteiger partial charge is 0.350 e. The van der Waals surface area contributed by atoms with Gasteiger partial charge in [0.1, 0.15) is 6.07 Å². The molecule has 1 amide bonds. The first-order chi connectivity index (χ1) is 11.5. The Hall–Kier alpha value is -2.23. The molecule has 0 unspecified atom stereocenters. The largest absolute Gasteiger partial charge is 0.462 e. The molecule has 0 aliphatic heterocycles. The number of anilines is 1. The van der Waals surface area contributed by atoms with Gasteiger partial charge in [0.25, 0.3) is 5.91 Å². The standard InChI is InChI=1S/C16H17Cl2N3O3/c1-3-7-24-16(23)10(8-19)9-21-12-6-5-11(17)13(14(12)18)15(22)20-4-2/h5-6,9,21H,3-4,7H2,1-2H3,(H,20,22). The Morgan fingerprint density at radius 3 is 2.62 bits per heavy atom. The second kappa shape index (κ2) is 9.81. The SMILES string of the molecule is CCCOC(=O)C(C#N)=CNc1ccc(Cl)c(C(=O)NCC)c1Cl. The van der Waals surface area contributed by atoms with Crippen LogP contribution in [0.5, 0.6) is 0 Å². The van der Waals surface area contributed by atoms with E-state index in [0.29, 0.717) is 18.7 Å². The number of nitrogens with zero attached hydrogens (tertiary/aromatic N) is 1. The van der Waals surface area contributed by atoms with Crippen LogP contribution in [0.25, 0.3) is 0 Å². The average molecular weight is 370 g/mol. The number of carbonyl (C=O) groups is 2. The summed E-state index contributed by atoms with van der Waals surface area (Å²) in [6, 6.07) is 4.78. The van der Waals surface area contributed by atoms with Crippen LogP contribution in [-0.4, -0.2) is 25.0 Å². The molecule has 24 heavy (non-hydrogen) atoms. The number of nitrogens with one attached hydrogen (secondary N) is 2. The van der Waals surface area contributed by atoms with Crippen molar-refractivity contribution >= 4 is 40.8 Å². The molecule has 0 heterocycles. The lowest BCUT2D eigenvalue weighted by molar-refractivity contribution is -0.138. The van der Waals surface area contributed by atoms with Gasteiger partial charge >= 0.3 is 5.97 Å². The van der Waals surface area contributed by atoms with Gasteiger partial charge in [-0.25, -0.2) is 4.79 Å². The number of benzene rings is 1. The summed E-state index contributed by atoms with van der Waals surface area (Å²) in [7, 11) is 0. The lowest BCUT2D eigenvalue weighted by Crippen LogP contribution is -2.23. The molecule has 6 nitrogen and oxygen atoms in total. The highest BCUT2D eigenvalue weighted by Crippen LogP contribution is 2.31. The Kier molecular flexibility index (Phi) is 8.10. The number of esters is 1. The van der Waals surface area contributed by atoms with Gasteiger partial charge in [-0.2, -0.15) is 5.26 Å². The van der Waals surface area contributed by atoms with E-state index in [9.17, 15) is 9.59 Å². The van der Waals surface area contributed by atoms with E-state index < -0.39 is 11.9 Å². The third kappa shape index (κ3) is 5.15. The molecule has 1 rings (SSSR count). The summed E-state index contributed by atoms with van der Waals surface area (Å²) in [5, 5.41) is 14.6. The van der Waals surface area contributed by atoms with Gasteiger partial charge in [0, 0.05) is 12.7 Å². The third-order valence-electron chi connectivity index (χ3n) is 2.81. The quantitative estimate of drug-likeness (QED) is 0.435. The second-order valence-corrected chi connectivity index (χ2v) is 5.38. The highest BCUT2D eigenvalue weighted by atomic mass is 35.5. The van der Waals surface area contributed by atoms with Crippen LogP contribution in [0, 0.1) is 11.3 Å². The van der Waals surface area contributed by atoms with Gasteiger partial charge < -0.3 is 15.4 Å². The van der Waals surface area contributed by atoms with Crippen molar-refractivity contribution in [3.63, 3.8) is 0 Å². The van der Waals surface area contributed by atoms with E-state index in [1.165, 1.54) is 18.3 Å². The first-order valence-corrected chi connectivity index (χ1v) is 8.01. The van der Waals surface area contributed by atoms with Crippen LogP contribution < -0.4 is 10.6 Å². The van der Waals surface area contributed by atoms with Crippen molar-refractivity contribution in [2.45, 2.75) is 20.3 Å². The van der Waals surface area contributed by atoms with Crippen molar-refractivity contribution in [2.75, 3.05) is 18.5 Å². The first kappa shape index (κ1) is 19.8. The topological polar surface area (TPSA) is 91.2 Å². The summed E-state index contributed by atoms with van der Waals surface area (Å²) in [5.41, 5.74) is 0.234. The number of hydrogen-bond donors (Lipinski definition) is 2. The number of ether oxygens (including phenoxy) is 1. The summed E-state index contributed by atoms with van der Waals surface area (Å²) < 4.78 is 4.89. The lowest BCUT2D eigenvalue weighted by atomic mass is 10.1. The van der Waals surface area contributed by atoms with Gasteiger partial charge in [-0.15, -0.1) is 0 Å². The van der Waals surface area contributed by atoms with Crippen LogP contribution in [-0.2, 0) is 9.53 Å². The summed E-state index contributed by atoms with van der Waals surface area (Å²) in [6.07, 6.45) is 1.82. The summed E-state index contributed by atoms with van der Waals surface area (Å²) in [6.45, 7) is 4.26. The zero-order chi connectivity index (χ0) is 18.1. The van der Waals surface area contributed by atoms with E-state index in [1.54, 1.807) is 13.0 Å². The van der Waals surface area contributed by atoms with Gasteiger partial charge in [0.05, 0.1) is 27.9 Å². The minimum atomic E-state index is -0.735. The number of nitriles is 1. The van der Waals surface area contributed by atoms with Crippen LogP contribution >= 0.6 is 23.2 Å². The molecule has 8 heteroatoms. The highest BCUT2D eigenvalue weighted by molar-refractivity contribution is 6.41. The third-order valence-corrected chi connectivity index (χ3v) is 3.51. The Labute approximate surface area is 150 Å². The van der Waals surface area contributed by atoms with Crippen LogP contribution in [0.15, 0.2) is 23.9 Å². The minimum absolute atomic E-state index is 0.0870. The van der Waals surface area contributed by atoms with Crippen molar-refractivity contribution in [3.8, 4) is 6.07 Å². The number of halogens is 2. The zero-order valence-electron chi connectivity index (χ0n) is 13.3. The molecule has 128 valence electrons. The maximum atomic E-state index is 12.0. The fraction of sp³-hybridized carbons (Fsp3) is 0.312. The monoisotopic (exact) mass is 369 g/mol. The molecular weight excluding hydrogens is 353 g/mol. The van der Waals surface area contributed by atoms with E-state index >= 15 is 0 Å². The van der Waals surface area contributed by atoms with Gasteiger partial charge in [0.2, 0.25) is 0 Å². The molecule has 0 saturated heterocycles. The van der Waals surface area contributed by atoms with Crippen LogP contribution in [0.1, 0.15) is 30.6 Å². The van der Waals surface area contributed by atoms with Crippen molar-refractivity contribution in [2.24, 2.45) is 0 Å². The van der Waals surface area contributed by atoms with E-state index in [0.717, 1.165) is 0 Å². The van der Waals surface area contributed by atoms with Gasteiger partial charge in [-0.1, -0.05) is 30.1 Å². The minimum Gasteiger partial charge on any atom is -0.462 e. The number of rotatable bonds is 7. The first-order valence-electron chi connectivity index (χ1n) is 7.26. The van der Waals surface area contributed by atoms with Crippen LogP contribution in [0.3, 0.4) is 0 Å². The second-order valence-electron chi connectivity index (χ2n) is 4.59.